The van der Waals surface area contributed by atoms with Gasteiger partial charge in [0.2, 0.25) is 0 Å². The molecule has 0 aliphatic heterocycles. The number of nitrogens with one attached hydrogen (secondary N) is 1. The van der Waals surface area contributed by atoms with Gasteiger partial charge >= 0.3 is 0 Å². The van der Waals surface area contributed by atoms with Crippen LogP contribution in [0.2, 0.25) is 5.02 Å². The van der Waals surface area contributed by atoms with Crippen LogP contribution in [0, 0.1) is 6.92 Å². The van der Waals surface area contributed by atoms with Crippen LogP contribution in [0.5, 0.6) is 0 Å². The van der Waals surface area contributed by atoms with Crippen LogP contribution in [0.25, 0.3) is 0 Å². The zero-order valence-electron chi connectivity index (χ0n) is 11.7. The van der Waals surface area contributed by atoms with E-state index in [0.717, 1.165) is 11.1 Å². The van der Waals surface area contributed by atoms with Gasteiger partial charge in [0.05, 0.1) is 10.6 Å². The van der Waals surface area contributed by atoms with E-state index in [1.807, 2.05) is 31.2 Å². The summed E-state index contributed by atoms with van der Waals surface area (Å²) in [7, 11) is -3.68. The number of hydrogen-bond acceptors (Lipinski definition) is 3. The summed E-state index contributed by atoms with van der Waals surface area (Å²) >= 11 is 5.74. The Morgan fingerprint density at radius 3 is 2.19 bits per heavy atom. The van der Waals surface area contributed by atoms with Gasteiger partial charge in [0, 0.05) is 5.02 Å². The summed E-state index contributed by atoms with van der Waals surface area (Å²) in [6.07, 6.45) is 0. The first-order valence-corrected chi connectivity index (χ1v) is 8.13. The fourth-order valence-electron chi connectivity index (χ4n) is 1.65. The van der Waals surface area contributed by atoms with Crippen molar-refractivity contribution in [2.24, 2.45) is 5.10 Å². The predicted molar refractivity (Wildman–Crippen MR) is 85.2 cm³/mol. The van der Waals surface area contributed by atoms with Crippen molar-refractivity contribution in [1.29, 1.82) is 0 Å². The van der Waals surface area contributed by atoms with Gasteiger partial charge in [-0.25, -0.2) is 0 Å². The van der Waals surface area contributed by atoms with Gasteiger partial charge in [0.25, 0.3) is 10.0 Å². The number of benzene rings is 2. The van der Waals surface area contributed by atoms with Crippen molar-refractivity contribution < 1.29 is 8.42 Å². The summed E-state index contributed by atoms with van der Waals surface area (Å²) in [5.74, 6) is 0. The molecule has 0 saturated carbocycles. The Kier molecular flexibility index (Phi) is 4.65. The van der Waals surface area contributed by atoms with Crippen LogP contribution in [-0.4, -0.2) is 14.1 Å². The monoisotopic (exact) mass is 322 g/mol. The molecule has 2 aromatic rings. The SMILES string of the molecule is CC(=NNS(=O)(=O)c1ccc(Cl)cc1)c1ccc(C)cc1. The highest BCUT2D eigenvalue weighted by atomic mass is 35.5. The molecular weight excluding hydrogens is 308 g/mol. The van der Waals surface area contributed by atoms with Gasteiger partial charge in [-0.15, -0.1) is 0 Å². The maximum Gasteiger partial charge on any atom is 0.276 e. The molecule has 0 atom stereocenters. The molecular formula is C15H15ClN2O2S. The molecule has 2 aromatic carbocycles. The quantitative estimate of drug-likeness (QED) is 0.693. The third-order valence-corrected chi connectivity index (χ3v) is 4.40. The second kappa shape index (κ2) is 6.28. The second-order valence-electron chi connectivity index (χ2n) is 4.61. The van der Waals surface area contributed by atoms with Crippen molar-refractivity contribution in [1.82, 2.24) is 4.83 Å². The predicted octanol–water partition coefficient (Wildman–Crippen LogP) is 3.35. The smallest absolute Gasteiger partial charge is 0.200 e. The highest BCUT2D eigenvalue weighted by Gasteiger charge is 2.12. The lowest BCUT2D eigenvalue weighted by Gasteiger charge is -2.06. The first kappa shape index (κ1) is 15.5. The van der Waals surface area contributed by atoms with E-state index in [9.17, 15) is 8.42 Å². The highest BCUT2D eigenvalue weighted by molar-refractivity contribution is 7.89. The van der Waals surface area contributed by atoms with Gasteiger partial charge < -0.3 is 0 Å². The zero-order valence-corrected chi connectivity index (χ0v) is 13.2. The molecule has 110 valence electrons. The molecule has 0 aromatic heterocycles. The summed E-state index contributed by atoms with van der Waals surface area (Å²) in [6.45, 7) is 3.73. The van der Waals surface area contributed by atoms with E-state index in [4.69, 9.17) is 11.6 Å². The number of sulfonamides is 1. The molecule has 4 nitrogen and oxygen atoms in total. The molecule has 0 heterocycles. The Balaban J connectivity index is 2.18. The number of hydrogen-bond donors (Lipinski definition) is 1. The summed E-state index contributed by atoms with van der Waals surface area (Å²) in [5, 5.41) is 4.42. The standard InChI is InChI=1S/C15H15ClN2O2S/c1-11-3-5-13(6-4-11)12(2)17-18-21(19,20)15-9-7-14(16)8-10-15/h3-10,18H,1-2H3. The van der Waals surface area contributed by atoms with Crippen LogP contribution >= 0.6 is 11.6 Å². The van der Waals surface area contributed by atoms with Gasteiger partial charge in [-0.3, -0.25) is 0 Å². The number of nitrogens with zero attached hydrogens (tertiary/aromatic N) is 1. The van der Waals surface area contributed by atoms with Gasteiger partial charge in [-0.1, -0.05) is 41.4 Å². The van der Waals surface area contributed by atoms with Crippen molar-refractivity contribution in [3.05, 3.63) is 64.7 Å². The molecule has 0 saturated heterocycles. The molecule has 0 aliphatic rings. The molecule has 2 rings (SSSR count). The molecule has 21 heavy (non-hydrogen) atoms. The van der Waals surface area contributed by atoms with Gasteiger partial charge in [-0.05, 0) is 43.7 Å². The van der Waals surface area contributed by atoms with E-state index in [-0.39, 0.29) is 4.90 Å². The molecule has 6 heteroatoms. The third-order valence-electron chi connectivity index (χ3n) is 2.93. The summed E-state index contributed by atoms with van der Waals surface area (Å²) in [5.41, 5.74) is 2.58. The lowest BCUT2D eigenvalue weighted by atomic mass is 10.1. The zero-order chi connectivity index (χ0) is 15.5. The van der Waals surface area contributed by atoms with Gasteiger partial charge in [0.15, 0.2) is 0 Å². The minimum absolute atomic E-state index is 0.118. The summed E-state index contributed by atoms with van der Waals surface area (Å²) in [4.78, 5) is 2.34. The number of halogens is 1. The Labute approximate surface area is 129 Å². The topological polar surface area (TPSA) is 58.5 Å². The van der Waals surface area contributed by atoms with E-state index < -0.39 is 10.0 Å². The molecule has 1 N–H and O–H groups in total. The van der Waals surface area contributed by atoms with Crippen LogP contribution in [-0.2, 0) is 10.0 Å². The molecule has 0 unspecified atom stereocenters. The van der Waals surface area contributed by atoms with E-state index in [1.54, 1.807) is 6.92 Å². The van der Waals surface area contributed by atoms with Gasteiger partial charge in [-0.2, -0.15) is 18.4 Å². The first-order chi connectivity index (χ1) is 9.88. The van der Waals surface area contributed by atoms with Crippen molar-refractivity contribution in [3.8, 4) is 0 Å². The van der Waals surface area contributed by atoms with Crippen LogP contribution in [0.4, 0.5) is 0 Å². The fourth-order valence-corrected chi connectivity index (χ4v) is 2.64. The van der Waals surface area contributed by atoms with Crippen LogP contribution in [0.1, 0.15) is 18.1 Å². The normalized spacial score (nSPS) is 12.2. The molecule has 0 amide bonds. The molecule has 0 aliphatic carbocycles. The number of hydrazone groups is 1. The van der Waals surface area contributed by atoms with Crippen molar-refractivity contribution >= 4 is 27.3 Å². The maximum atomic E-state index is 12.1. The minimum Gasteiger partial charge on any atom is -0.200 e. The molecule has 0 spiro atoms. The van der Waals surface area contributed by atoms with Crippen LogP contribution < -0.4 is 4.83 Å². The lowest BCUT2D eigenvalue weighted by Crippen LogP contribution is -2.19. The largest absolute Gasteiger partial charge is 0.276 e. The molecule has 0 radical (unpaired) electrons. The average Bonchev–Trinajstić information content (AvgIpc) is 2.46. The summed E-state index contributed by atoms with van der Waals surface area (Å²) < 4.78 is 24.1. The number of aryl methyl sites for hydroxylation is 1. The maximum absolute atomic E-state index is 12.1. The van der Waals surface area contributed by atoms with Crippen LogP contribution in [0.15, 0.2) is 58.5 Å². The summed E-state index contributed by atoms with van der Waals surface area (Å²) in [6, 6.07) is 13.6. The Bertz CT molecular complexity index is 751. The van der Waals surface area contributed by atoms with Crippen molar-refractivity contribution in [2.45, 2.75) is 18.7 Å². The van der Waals surface area contributed by atoms with E-state index in [1.165, 1.54) is 24.3 Å². The number of rotatable bonds is 4. The average molecular weight is 323 g/mol. The van der Waals surface area contributed by atoms with Crippen LogP contribution in [0.3, 0.4) is 0 Å². The fraction of sp³-hybridized carbons (Fsp3) is 0.133. The highest BCUT2D eigenvalue weighted by Crippen LogP contribution is 2.14. The van der Waals surface area contributed by atoms with E-state index in [0.29, 0.717) is 10.7 Å². The molecule has 0 fully saturated rings. The Morgan fingerprint density at radius 1 is 1.05 bits per heavy atom. The van der Waals surface area contributed by atoms with E-state index >= 15 is 0 Å². The minimum atomic E-state index is -3.68. The molecule has 0 bridgehead atoms. The third kappa shape index (κ3) is 4.06. The van der Waals surface area contributed by atoms with Crippen molar-refractivity contribution in [2.75, 3.05) is 0 Å². The Morgan fingerprint density at radius 2 is 1.62 bits per heavy atom. The van der Waals surface area contributed by atoms with Gasteiger partial charge in [0.1, 0.15) is 0 Å². The Hall–Kier alpha value is -1.85. The van der Waals surface area contributed by atoms with E-state index in [2.05, 4.69) is 9.93 Å². The second-order valence-corrected chi connectivity index (χ2v) is 6.71. The lowest BCUT2D eigenvalue weighted by molar-refractivity contribution is 0.584. The first-order valence-electron chi connectivity index (χ1n) is 6.27. The van der Waals surface area contributed by atoms with Crippen molar-refractivity contribution in [3.63, 3.8) is 0 Å².